The van der Waals surface area contributed by atoms with E-state index in [1.165, 1.54) is 44.9 Å². The van der Waals surface area contributed by atoms with Gasteiger partial charge in [-0.25, -0.2) is 0 Å². The Morgan fingerprint density at radius 3 is 2.42 bits per heavy atom. The number of hydrogen-bond donors (Lipinski definition) is 0. The number of fused-ring (bicyclic) bond motifs is 1. The van der Waals surface area contributed by atoms with Gasteiger partial charge in [-0.3, -0.25) is 4.79 Å². The van der Waals surface area contributed by atoms with Crippen molar-refractivity contribution in [2.45, 2.75) is 65.2 Å². The number of aldehydes is 1. The summed E-state index contributed by atoms with van der Waals surface area (Å²) in [4.78, 5) is 11.6. The Labute approximate surface area is 158 Å². The van der Waals surface area contributed by atoms with Gasteiger partial charge in [0, 0.05) is 5.56 Å². The molecule has 0 atom stereocenters. The minimum atomic E-state index is 0.789. The van der Waals surface area contributed by atoms with Crippen LogP contribution in [0.15, 0.2) is 54.6 Å². The van der Waals surface area contributed by atoms with Crippen LogP contribution in [0.25, 0.3) is 16.3 Å². The molecule has 138 valence electrons. The van der Waals surface area contributed by atoms with Gasteiger partial charge in [-0.15, -0.1) is 0 Å². The van der Waals surface area contributed by atoms with Crippen molar-refractivity contribution >= 4 is 22.6 Å². The predicted octanol–water partition coefficient (Wildman–Crippen LogP) is 7.75. The van der Waals surface area contributed by atoms with Gasteiger partial charge in [0.25, 0.3) is 0 Å². The van der Waals surface area contributed by atoms with E-state index in [0.29, 0.717) is 0 Å². The van der Waals surface area contributed by atoms with Crippen LogP contribution in [0.4, 0.5) is 0 Å². The highest BCUT2D eigenvalue weighted by molar-refractivity contribution is 6.02. The van der Waals surface area contributed by atoms with Gasteiger partial charge in [-0.05, 0) is 41.7 Å². The van der Waals surface area contributed by atoms with Crippen molar-refractivity contribution in [1.82, 2.24) is 0 Å². The summed E-state index contributed by atoms with van der Waals surface area (Å²) in [5.41, 5.74) is 2.95. The Morgan fingerprint density at radius 2 is 1.65 bits per heavy atom. The first kappa shape index (κ1) is 20.2. The number of hydrogen-bond acceptors (Lipinski definition) is 1. The van der Waals surface area contributed by atoms with E-state index in [4.69, 9.17) is 0 Å². The Morgan fingerprint density at radius 1 is 0.923 bits per heavy atom. The molecule has 0 aromatic heterocycles. The van der Waals surface area contributed by atoms with Crippen molar-refractivity contribution < 1.29 is 4.79 Å². The molecule has 1 heteroatoms. The Kier molecular flexibility index (Phi) is 8.89. The molecule has 2 aromatic rings. The zero-order valence-electron chi connectivity index (χ0n) is 16.3. The first-order valence-corrected chi connectivity index (χ1v) is 10.1. The van der Waals surface area contributed by atoms with E-state index in [2.05, 4.69) is 44.2 Å². The lowest BCUT2D eigenvalue weighted by atomic mass is 9.95. The second-order valence-electron chi connectivity index (χ2n) is 7.05. The maximum Gasteiger partial charge on any atom is 0.151 e. The molecule has 0 N–H and O–H groups in total. The SMILES string of the molecule is CCCCCCCCCC=CC=C(C)c1ccc2ccccc2c1C=O. The number of carbonyl (C=O) groups is 1. The zero-order valence-corrected chi connectivity index (χ0v) is 16.3. The third-order valence-corrected chi connectivity index (χ3v) is 4.97. The number of benzene rings is 2. The largest absolute Gasteiger partial charge is 0.298 e. The molecule has 0 bridgehead atoms. The quantitative estimate of drug-likeness (QED) is 0.230. The van der Waals surface area contributed by atoms with Gasteiger partial charge < -0.3 is 0 Å². The third-order valence-electron chi connectivity index (χ3n) is 4.97. The molecule has 0 amide bonds. The minimum Gasteiger partial charge on any atom is -0.298 e. The highest BCUT2D eigenvalue weighted by Gasteiger charge is 2.07. The van der Waals surface area contributed by atoms with E-state index in [9.17, 15) is 4.79 Å². The predicted molar refractivity (Wildman–Crippen MR) is 115 cm³/mol. The Hall–Kier alpha value is -2.15. The van der Waals surface area contributed by atoms with Gasteiger partial charge in [0.05, 0.1) is 0 Å². The topological polar surface area (TPSA) is 17.1 Å². The average Bonchev–Trinajstić information content (AvgIpc) is 2.68. The standard InChI is InChI=1S/C25H32O/c1-3-4-5-6-7-8-9-10-11-12-15-21(2)23-19-18-22-16-13-14-17-24(22)25(23)20-26/h11-20H,3-10H2,1-2H3. The van der Waals surface area contributed by atoms with Crippen molar-refractivity contribution in [3.8, 4) is 0 Å². The van der Waals surface area contributed by atoms with E-state index in [1.54, 1.807) is 0 Å². The van der Waals surface area contributed by atoms with Crippen LogP contribution in [0.2, 0.25) is 0 Å². The normalized spacial score (nSPS) is 12.2. The molecule has 2 rings (SSSR count). The van der Waals surface area contributed by atoms with Crippen LogP contribution >= 0.6 is 0 Å². The van der Waals surface area contributed by atoms with Gasteiger partial charge >= 0.3 is 0 Å². The molecule has 0 aliphatic carbocycles. The fourth-order valence-corrected chi connectivity index (χ4v) is 3.38. The molecule has 0 fully saturated rings. The molecular formula is C25H32O. The van der Waals surface area contributed by atoms with Crippen molar-refractivity contribution in [3.63, 3.8) is 0 Å². The van der Waals surface area contributed by atoms with Gasteiger partial charge in [0.1, 0.15) is 0 Å². The van der Waals surface area contributed by atoms with Crippen LogP contribution in [0.5, 0.6) is 0 Å². The molecule has 0 spiro atoms. The summed E-state index contributed by atoms with van der Waals surface area (Å²) in [7, 11) is 0. The molecule has 2 aromatic carbocycles. The fourth-order valence-electron chi connectivity index (χ4n) is 3.38. The van der Waals surface area contributed by atoms with E-state index in [0.717, 1.165) is 40.2 Å². The van der Waals surface area contributed by atoms with Crippen molar-refractivity contribution in [2.75, 3.05) is 0 Å². The average molecular weight is 349 g/mol. The Bertz CT molecular complexity index is 752. The summed E-state index contributed by atoms with van der Waals surface area (Å²) in [5, 5.41) is 2.14. The molecule has 0 aliphatic rings. The molecule has 0 aliphatic heterocycles. The maximum absolute atomic E-state index is 11.6. The summed E-state index contributed by atoms with van der Waals surface area (Å²) in [6, 6.07) is 12.2. The van der Waals surface area contributed by atoms with E-state index in [-0.39, 0.29) is 0 Å². The smallest absolute Gasteiger partial charge is 0.151 e. The lowest BCUT2D eigenvalue weighted by Crippen LogP contribution is -1.92. The first-order chi connectivity index (χ1) is 12.8. The van der Waals surface area contributed by atoms with Crippen molar-refractivity contribution in [2.24, 2.45) is 0 Å². The van der Waals surface area contributed by atoms with Gasteiger partial charge in [-0.2, -0.15) is 0 Å². The van der Waals surface area contributed by atoms with Crippen molar-refractivity contribution in [3.05, 3.63) is 65.8 Å². The van der Waals surface area contributed by atoms with E-state index in [1.807, 2.05) is 24.3 Å². The summed E-state index contributed by atoms with van der Waals surface area (Å²) < 4.78 is 0. The molecule has 0 saturated heterocycles. The second kappa shape index (κ2) is 11.5. The summed E-state index contributed by atoms with van der Waals surface area (Å²) in [5.74, 6) is 0. The number of carbonyl (C=O) groups excluding carboxylic acids is 1. The summed E-state index contributed by atoms with van der Waals surface area (Å²) >= 11 is 0. The molecule has 1 nitrogen and oxygen atoms in total. The first-order valence-electron chi connectivity index (χ1n) is 10.1. The number of unbranched alkanes of at least 4 members (excludes halogenated alkanes) is 7. The highest BCUT2D eigenvalue weighted by Crippen LogP contribution is 2.26. The zero-order chi connectivity index (χ0) is 18.6. The highest BCUT2D eigenvalue weighted by atomic mass is 16.1. The van der Waals surface area contributed by atoms with Crippen LogP contribution in [-0.2, 0) is 0 Å². The van der Waals surface area contributed by atoms with Gasteiger partial charge in [0.15, 0.2) is 6.29 Å². The lowest BCUT2D eigenvalue weighted by Gasteiger charge is -2.08. The molecular weight excluding hydrogens is 316 g/mol. The van der Waals surface area contributed by atoms with Gasteiger partial charge in [-0.1, -0.05) is 100 Å². The second-order valence-corrected chi connectivity index (χ2v) is 7.05. The minimum absolute atomic E-state index is 0.789. The monoisotopic (exact) mass is 348 g/mol. The Balaban J connectivity index is 1.89. The molecule has 0 unspecified atom stereocenters. The van der Waals surface area contributed by atoms with Crippen LogP contribution < -0.4 is 0 Å². The molecule has 0 heterocycles. The maximum atomic E-state index is 11.6. The molecule has 0 radical (unpaired) electrons. The number of allylic oxidation sites excluding steroid dienone is 4. The van der Waals surface area contributed by atoms with Crippen molar-refractivity contribution in [1.29, 1.82) is 0 Å². The van der Waals surface area contributed by atoms with Crippen LogP contribution in [0, 0.1) is 0 Å². The molecule has 26 heavy (non-hydrogen) atoms. The van der Waals surface area contributed by atoms with Crippen LogP contribution in [0.3, 0.4) is 0 Å². The van der Waals surface area contributed by atoms with E-state index < -0.39 is 0 Å². The number of rotatable bonds is 11. The van der Waals surface area contributed by atoms with E-state index >= 15 is 0 Å². The van der Waals surface area contributed by atoms with Gasteiger partial charge in [0.2, 0.25) is 0 Å². The third kappa shape index (κ3) is 5.98. The lowest BCUT2D eigenvalue weighted by molar-refractivity contribution is 0.112. The fraction of sp³-hybridized carbons (Fsp3) is 0.400. The summed E-state index contributed by atoms with van der Waals surface area (Å²) in [6.07, 6.45) is 18.0. The molecule has 0 saturated carbocycles. The van der Waals surface area contributed by atoms with Crippen LogP contribution in [-0.4, -0.2) is 6.29 Å². The summed E-state index contributed by atoms with van der Waals surface area (Å²) in [6.45, 7) is 4.34. The van der Waals surface area contributed by atoms with Crippen LogP contribution in [0.1, 0.15) is 81.1 Å².